The highest BCUT2D eigenvalue weighted by molar-refractivity contribution is 5.94. The van der Waals surface area contributed by atoms with Crippen molar-refractivity contribution < 1.29 is 32.6 Å². The number of carboxylic acid groups (broad SMARTS) is 1. The van der Waals surface area contributed by atoms with E-state index in [0.29, 0.717) is 29.2 Å². The molecule has 0 bridgehead atoms. The number of hydrogen-bond donors (Lipinski definition) is 2. The average Bonchev–Trinajstić information content (AvgIpc) is 2.86. The lowest BCUT2D eigenvalue weighted by Crippen LogP contribution is -2.26. The van der Waals surface area contributed by atoms with E-state index in [0.717, 1.165) is 30.5 Å². The molecular weight excluding hydrogens is 473 g/mol. The Labute approximate surface area is 207 Å². The van der Waals surface area contributed by atoms with Crippen molar-refractivity contribution in [2.24, 2.45) is 0 Å². The van der Waals surface area contributed by atoms with E-state index in [2.05, 4.69) is 17.2 Å². The van der Waals surface area contributed by atoms with Crippen LogP contribution in [0.2, 0.25) is 0 Å². The maximum absolute atomic E-state index is 12.8. The number of ether oxygens (including phenoxy) is 1. The molecule has 0 saturated heterocycles. The minimum atomic E-state index is -4.38. The number of amides is 1. The van der Waals surface area contributed by atoms with Crippen LogP contribution in [0.4, 0.5) is 13.2 Å². The van der Waals surface area contributed by atoms with Crippen LogP contribution >= 0.6 is 0 Å². The molecule has 1 aromatic heterocycles. The van der Waals surface area contributed by atoms with Crippen molar-refractivity contribution in [3.63, 3.8) is 0 Å². The van der Waals surface area contributed by atoms with Crippen molar-refractivity contribution >= 4 is 11.9 Å². The highest BCUT2D eigenvalue weighted by Gasteiger charge is 2.30. The van der Waals surface area contributed by atoms with Gasteiger partial charge in [-0.15, -0.1) is 0 Å². The minimum absolute atomic E-state index is 0.0634. The maximum Gasteiger partial charge on any atom is 0.416 e. The topological polar surface area (TPSA) is 88.5 Å². The first-order valence-corrected chi connectivity index (χ1v) is 11.5. The molecule has 1 amide bonds. The molecule has 3 rings (SSSR count). The number of nitrogens with one attached hydrogen (secondary N) is 1. The lowest BCUT2D eigenvalue weighted by molar-refractivity contribution is -0.138. The summed E-state index contributed by atoms with van der Waals surface area (Å²) in [5.41, 5.74) is 1.86. The van der Waals surface area contributed by atoms with E-state index in [1.54, 1.807) is 30.5 Å². The highest BCUT2D eigenvalue weighted by Crippen LogP contribution is 2.31. The van der Waals surface area contributed by atoms with Crippen LogP contribution in [0.3, 0.4) is 0 Å². The maximum atomic E-state index is 12.8. The van der Waals surface area contributed by atoms with Gasteiger partial charge in [-0.2, -0.15) is 13.2 Å². The Morgan fingerprint density at radius 3 is 2.28 bits per heavy atom. The lowest BCUT2D eigenvalue weighted by Gasteiger charge is -2.18. The van der Waals surface area contributed by atoms with Gasteiger partial charge in [0.25, 0.3) is 5.91 Å². The summed E-state index contributed by atoms with van der Waals surface area (Å²) in [6, 6.07) is 15.4. The standard InChI is InChI=1S/C27H27F3N2O4/c1-2-3-21(18-4-6-20(7-5-18)26(35)31-15-14-25(33)34)17-36-23-12-13-24(32-16-23)19-8-10-22(11-9-19)27(28,29)30/h4-13,16,21H,2-3,14-15,17H2,1H3,(H,31,35)(H,33,34). The van der Waals surface area contributed by atoms with E-state index in [1.165, 1.54) is 12.1 Å². The van der Waals surface area contributed by atoms with Gasteiger partial charge in [0, 0.05) is 23.6 Å². The van der Waals surface area contributed by atoms with Crippen LogP contribution in [0.15, 0.2) is 66.9 Å². The van der Waals surface area contributed by atoms with E-state index in [-0.39, 0.29) is 24.8 Å². The molecule has 0 radical (unpaired) electrons. The van der Waals surface area contributed by atoms with Gasteiger partial charge in [-0.05, 0) is 48.4 Å². The van der Waals surface area contributed by atoms with Gasteiger partial charge < -0.3 is 15.2 Å². The fourth-order valence-corrected chi connectivity index (χ4v) is 3.65. The zero-order valence-electron chi connectivity index (χ0n) is 19.7. The summed E-state index contributed by atoms with van der Waals surface area (Å²) in [6.07, 6.45) is -1.19. The second kappa shape index (κ2) is 12.2. The molecule has 2 N–H and O–H groups in total. The van der Waals surface area contributed by atoms with E-state index < -0.39 is 17.7 Å². The summed E-state index contributed by atoms with van der Waals surface area (Å²) < 4.78 is 44.2. The van der Waals surface area contributed by atoms with Crippen molar-refractivity contribution in [2.75, 3.05) is 13.2 Å². The summed E-state index contributed by atoms with van der Waals surface area (Å²) in [7, 11) is 0. The molecule has 1 unspecified atom stereocenters. The summed E-state index contributed by atoms with van der Waals surface area (Å²) in [6.45, 7) is 2.52. The first-order valence-electron chi connectivity index (χ1n) is 11.5. The summed E-state index contributed by atoms with van der Waals surface area (Å²) in [5, 5.41) is 11.3. The van der Waals surface area contributed by atoms with Gasteiger partial charge in [-0.3, -0.25) is 14.6 Å². The molecule has 0 saturated carbocycles. The van der Waals surface area contributed by atoms with Crippen molar-refractivity contribution in [1.82, 2.24) is 10.3 Å². The number of nitrogens with zero attached hydrogens (tertiary/aromatic N) is 1. The van der Waals surface area contributed by atoms with Gasteiger partial charge in [0.05, 0.1) is 30.5 Å². The normalized spacial score (nSPS) is 12.1. The molecule has 1 atom stereocenters. The molecule has 6 nitrogen and oxygen atoms in total. The van der Waals surface area contributed by atoms with Crippen molar-refractivity contribution in [3.8, 4) is 17.0 Å². The van der Waals surface area contributed by atoms with Crippen LogP contribution in [-0.4, -0.2) is 35.1 Å². The van der Waals surface area contributed by atoms with Gasteiger partial charge in [0.15, 0.2) is 0 Å². The van der Waals surface area contributed by atoms with Crippen LogP contribution < -0.4 is 10.1 Å². The number of carbonyl (C=O) groups excluding carboxylic acids is 1. The number of carbonyl (C=O) groups is 2. The number of rotatable bonds is 11. The first kappa shape index (κ1) is 26.7. The van der Waals surface area contributed by atoms with Crippen LogP contribution in [0.25, 0.3) is 11.3 Å². The largest absolute Gasteiger partial charge is 0.491 e. The quantitative estimate of drug-likeness (QED) is 0.341. The Morgan fingerprint density at radius 2 is 1.72 bits per heavy atom. The molecule has 0 aliphatic heterocycles. The van der Waals surface area contributed by atoms with Gasteiger partial charge in [-0.1, -0.05) is 37.6 Å². The number of aromatic nitrogens is 1. The predicted octanol–water partition coefficient (Wildman–Crippen LogP) is 5.93. The van der Waals surface area contributed by atoms with Crippen LogP contribution in [0.1, 0.15) is 53.6 Å². The molecule has 0 aliphatic rings. The molecule has 0 fully saturated rings. The fraction of sp³-hybridized carbons (Fsp3) is 0.296. The number of alkyl halides is 3. The smallest absolute Gasteiger partial charge is 0.416 e. The van der Waals surface area contributed by atoms with E-state index >= 15 is 0 Å². The molecule has 2 aromatic carbocycles. The third-order valence-electron chi connectivity index (χ3n) is 5.60. The van der Waals surface area contributed by atoms with E-state index in [1.807, 2.05) is 12.1 Å². The summed E-state index contributed by atoms with van der Waals surface area (Å²) in [5.74, 6) is -0.683. The summed E-state index contributed by atoms with van der Waals surface area (Å²) >= 11 is 0. The molecule has 1 heterocycles. The fourth-order valence-electron chi connectivity index (χ4n) is 3.65. The molecule has 0 aliphatic carbocycles. The molecule has 190 valence electrons. The summed E-state index contributed by atoms with van der Waals surface area (Å²) in [4.78, 5) is 27.0. The van der Waals surface area contributed by atoms with E-state index in [9.17, 15) is 22.8 Å². The monoisotopic (exact) mass is 500 g/mol. The van der Waals surface area contributed by atoms with Gasteiger partial charge >= 0.3 is 12.1 Å². The zero-order chi connectivity index (χ0) is 26.1. The van der Waals surface area contributed by atoms with Crippen molar-refractivity contribution in [1.29, 1.82) is 0 Å². The molecule has 0 spiro atoms. The van der Waals surface area contributed by atoms with Crippen molar-refractivity contribution in [3.05, 3.63) is 83.6 Å². The van der Waals surface area contributed by atoms with Crippen LogP contribution in [0.5, 0.6) is 5.75 Å². The zero-order valence-corrected chi connectivity index (χ0v) is 19.7. The number of aliphatic carboxylic acids is 1. The third kappa shape index (κ3) is 7.56. The number of hydrogen-bond acceptors (Lipinski definition) is 4. The molecular formula is C27H27F3N2O4. The number of halogens is 3. The number of pyridine rings is 1. The van der Waals surface area contributed by atoms with E-state index in [4.69, 9.17) is 9.84 Å². The second-order valence-corrected chi connectivity index (χ2v) is 8.27. The first-order chi connectivity index (χ1) is 17.2. The Hall–Kier alpha value is -3.88. The Balaban J connectivity index is 1.60. The molecule has 36 heavy (non-hydrogen) atoms. The number of benzene rings is 2. The second-order valence-electron chi connectivity index (χ2n) is 8.27. The third-order valence-corrected chi connectivity index (χ3v) is 5.60. The SMILES string of the molecule is CCCC(COc1ccc(-c2ccc(C(F)(F)F)cc2)nc1)c1ccc(C(=O)NCCC(=O)O)cc1. The van der Waals surface area contributed by atoms with Gasteiger partial charge in [-0.25, -0.2) is 0 Å². The Kier molecular flexibility index (Phi) is 9.05. The minimum Gasteiger partial charge on any atom is -0.491 e. The van der Waals surface area contributed by atoms with Crippen LogP contribution in [0, 0.1) is 0 Å². The van der Waals surface area contributed by atoms with Gasteiger partial charge in [0.1, 0.15) is 5.75 Å². The average molecular weight is 501 g/mol. The Bertz CT molecular complexity index is 1150. The predicted molar refractivity (Wildman–Crippen MR) is 129 cm³/mol. The van der Waals surface area contributed by atoms with Crippen LogP contribution in [-0.2, 0) is 11.0 Å². The highest BCUT2D eigenvalue weighted by atomic mass is 19.4. The molecule has 9 heteroatoms. The lowest BCUT2D eigenvalue weighted by atomic mass is 9.94. The Morgan fingerprint density at radius 1 is 1.03 bits per heavy atom. The van der Waals surface area contributed by atoms with Crippen molar-refractivity contribution in [2.45, 2.75) is 38.3 Å². The molecule has 3 aromatic rings. The number of carboxylic acids is 1. The van der Waals surface area contributed by atoms with Gasteiger partial charge in [0.2, 0.25) is 0 Å².